The number of amides is 2. The third-order valence-corrected chi connectivity index (χ3v) is 9.59. The van der Waals surface area contributed by atoms with Crippen LogP contribution >= 0.6 is 66.1 Å². The maximum Gasteiger partial charge on any atom is 0.410 e. The lowest BCUT2D eigenvalue weighted by Gasteiger charge is -2.35. The highest BCUT2D eigenvalue weighted by Gasteiger charge is 2.27. The van der Waals surface area contributed by atoms with E-state index in [1.807, 2.05) is 65.8 Å². The van der Waals surface area contributed by atoms with Gasteiger partial charge >= 0.3 is 12.2 Å². The summed E-state index contributed by atoms with van der Waals surface area (Å²) in [6, 6.07) is 7.59. The predicted octanol–water partition coefficient (Wildman–Crippen LogP) is 9.03. The summed E-state index contributed by atoms with van der Waals surface area (Å²) in [5.74, 6) is 0. The van der Waals surface area contributed by atoms with Gasteiger partial charge < -0.3 is 24.2 Å². The molecule has 4 aromatic rings. The Kier molecular flexibility index (Phi) is 13.1. The molecule has 2 aliphatic rings. The fraction of sp³-hybridized carbons (Fsp3) is 0.548. The van der Waals surface area contributed by atoms with Crippen LogP contribution in [0.1, 0.15) is 60.8 Å². The largest absolute Gasteiger partial charge is 0.444 e. The quantitative estimate of drug-likeness (QED) is 0.174. The zero-order valence-electron chi connectivity index (χ0n) is 27.4. The molecule has 0 bridgehead atoms. The van der Waals surface area contributed by atoms with Gasteiger partial charge in [0.2, 0.25) is 0 Å². The summed E-state index contributed by atoms with van der Waals surface area (Å²) in [5.41, 5.74) is 0.931. The molecule has 2 aliphatic heterocycles. The van der Waals surface area contributed by atoms with E-state index in [1.54, 1.807) is 21.1 Å². The van der Waals surface area contributed by atoms with Crippen molar-refractivity contribution < 1.29 is 19.1 Å². The smallest absolute Gasteiger partial charge is 0.410 e. The van der Waals surface area contributed by atoms with E-state index in [4.69, 9.17) is 21.1 Å². The van der Waals surface area contributed by atoms with Crippen molar-refractivity contribution in [3.8, 4) is 0 Å². The molecule has 0 N–H and O–H groups in total. The lowest BCUT2D eigenvalue weighted by molar-refractivity contribution is 0.0212. The highest BCUT2D eigenvalue weighted by atomic mass is 79.9. The first-order valence-corrected chi connectivity index (χ1v) is 18.9. The third kappa shape index (κ3) is 11.9. The van der Waals surface area contributed by atoms with Crippen LogP contribution in [0, 0.1) is 0 Å². The van der Waals surface area contributed by atoms with Gasteiger partial charge in [0.05, 0.1) is 0 Å². The molecule has 0 atom stereocenters. The first kappa shape index (κ1) is 37.5. The maximum atomic E-state index is 12.1. The second-order valence-corrected chi connectivity index (χ2v) is 17.0. The maximum absolute atomic E-state index is 12.1. The Hall–Kier alpha value is -2.33. The Morgan fingerprint density at radius 3 is 1.66 bits per heavy atom. The zero-order valence-corrected chi connectivity index (χ0v) is 32.9. The van der Waals surface area contributed by atoms with E-state index < -0.39 is 5.60 Å². The highest BCUT2D eigenvalue weighted by Crippen LogP contribution is 2.29. The minimum atomic E-state index is -0.458. The Morgan fingerprint density at radius 2 is 1.15 bits per heavy atom. The molecule has 0 aliphatic carbocycles. The first-order valence-electron chi connectivity index (χ1n) is 15.3. The van der Waals surface area contributed by atoms with Gasteiger partial charge in [-0.2, -0.15) is 0 Å². The van der Waals surface area contributed by atoms with Crippen molar-refractivity contribution in [2.45, 2.75) is 72.0 Å². The molecule has 0 spiro atoms. The molecule has 2 saturated heterocycles. The number of aromatic nitrogens is 4. The number of piperidine rings is 1. The number of carbonyl (C=O) groups is 2. The Balaban J connectivity index is 0.000000176. The van der Waals surface area contributed by atoms with Gasteiger partial charge in [0, 0.05) is 39.3 Å². The Labute approximate surface area is 305 Å². The van der Waals surface area contributed by atoms with Crippen molar-refractivity contribution >= 4 is 104 Å². The minimum absolute atomic E-state index is 0.160. The van der Waals surface area contributed by atoms with Crippen LogP contribution in [-0.4, -0.2) is 92.4 Å². The highest BCUT2D eigenvalue weighted by molar-refractivity contribution is 9.10. The number of halogens is 3. The van der Waals surface area contributed by atoms with Crippen molar-refractivity contribution in [2.75, 3.05) is 44.2 Å². The summed E-state index contributed by atoms with van der Waals surface area (Å²) >= 11 is 15.3. The number of hydrogen-bond acceptors (Lipinski definition) is 11. The second-order valence-electron chi connectivity index (χ2n) is 12.9. The van der Waals surface area contributed by atoms with E-state index >= 15 is 0 Å². The van der Waals surface area contributed by atoms with E-state index in [0.29, 0.717) is 17.6 Å². The van der Waals surface area contributed by atoms with Crippen LogP contribution in [0.5, 0.6) is 0 Å². The van der Waals surface area contributed by atoms with E-state index in [-0.39, 0.29) is 17.8 Å². The Morgan fingerprint density at radius 1 is 0.681 bits per heavy atom. The molecule has 0 saturated carbocycles. The zero-order chi connectivity index (χ0) is 34.4. The van der Waals surface area contributed by atoms with Gasteiger partial charge in [0.25, 0.3) is 0 Å². The monoisotopic (exact) mass is 831 g/mol. The second kappa shape index (κ2) is 16.4. The van der Waals surface area contributed by atoms with Crippen molar-refractivity contribution in [1.29, 1.82) is 0 Å². The lowest BCUT2D eigenvalue weighted by Crippen LogP contribution is -2.50. The van der Waals surface area contributed by atoms with Crippen molar-refractivity contribution in [2.24, 2.45) is 0 Å². The number of ether oxygens (including phenoxy) is 2. The van der Waals surface area contributed by atoms with Crippen molar-refractivity contribution in [1.82, 2.24) is 29.7 Å². The van der Waals surface area contributed by atoms with E-state index in [9.17, 15) is 9.59 Å². The molecule has 0 unspecified atom stereocenters. The number of hydrogen-bond donors (Lipinski definition) is 0. The summed E-state index contributed by atoms with van der Waals surface area (Å²) in [4.78, 5) is 48.5. The average Bonchev–Trinajstić information content (AvgIpc) is 3.58. The van der Waals surface area contributed by atoms with Crippen LogP contribution < -0.4 is 4.90 Å². The van der Waals surface area contributed by atoms with Gasteiger partial charge in [0.1, 0.15) is 41.1 Å². The molecule has 6 heterocycles. The molecule has 6 rings (SSSR count). The van der Waals surface area contributed by atoms with Crippen LogP contribution in [0.15, 0.2) is 33.5 Å². The van der Waals surface area contributed by atoms with E-state index in [0.717, 1.165) is 74.1 Å². The molecule has 256 valence electrons. The molecule has 4 aromatic heterocycles. The van der Waals surface area contributed by atoms with Gasteiger partial charge in [-0.25, -0.2) is 29.5 Å². The van der Waals surface area contributed by atoms with Gasteiger partial charge in [-0.1, -0.05) is 34.3 Å². The van der Waals surface area contributed by atoms with Gasteiger partial charge in [-0.05, 0) is 117 Å². The van der Waals surface area contributed by atoms with Crippen LogP contribution in [0.25, 0.3) is 20.7 Å². The number of piperazine rings is 1. The van der Waals surface area contributed by atoms with Gasteiger partial charge in [-0.15, -0.1) is 0 Å². The minimum Gasteiger partial charge on any atom is -0.444 e. The van der Waals surface area contributed by atoms with Crippen LogP contribution in [0.2, 0.25) is 4.47 Å². The molecule has 2 amide bonds. The fourth-order valence-corrected chi connectivity index (χ4v) is 7.32. The number of anilines is 1. The standard InChI is InChI=1S/C15H19BrN4O2S.C10H19NO2.C6H2BrClN2S/c1-15(2,3)22-14(21)20-8-6-19(7-9-20)13-17-10-4-5-11(16)18-12(10)23-13;1-10(2,3)13-9(12)11-7-5-4-6-8-11;7-4-2-1-3-5(10-4)11-6(8)9-3/h4-5H,6-9H2,1-3H3;4-8H2,1-3H3;1-2H. The molecule has 16 heteroatoms. The summed E-state index contributed by atoms with van der Waals surface area (Å²) in [5, 5.41) is 0.953. The molecular weight excluding hydrogens is 794 g/mol. The molecular formula is C31H40Br2ClN7O4S2. The summed E-state index contributed by atoms with van der Waals surface area (Å²) < 4.78 is 12.8. The number of fused-ring (bicyclic) bond motifs is 2. The van der Waals surface area contributed by atoms with Crippen LogP contribution in [0.4, 0.5) is 14.7 Å². The number of nitrogens with zero attached hydrogens (tertiary/aromatic N) is 7. The lowest BCUT2D eigenvalue weighted by atomic mass is 10.1. The summed E-state index contributed by atoms with van der Waals surface area (Å²) in [6.45, 7) is 15.8. The third-order valence-electron chi connectivity index (χ3n) is 6.62. The Bertz CT molecular complexity index is 1660. The van der Waals surface area contributed by atoms with Crippen molar-refractivity contribution in [3.05, 3.63) is 37.9 Å². The van der Waals surface area contributed by atoms with E-state index in [2.05, 4.69) is 56.7 Å². The number of rotatable bonds is 1. The molecule has 47 heavy (non-hydrogen) atoms. The average molecular weight is 834 g/mol. The van der Waals surface area contributed by atoms with Crippen LogP contribution in [0.3, 0.4) is 0 Å². The normalized spacial score (nSPS) is 15.5. The van der Waals surface area contributed by atoms with E-state index in [1.165, 1.54) is 17.8 Å². The van der Waals surface area contributed by atoms with Crippen molar-refractivity contribution in [3.63, 3.8) is 0 Å². The topological polar surface area (TPSA) is 114 Å². The predicted molar refractivity (Wildman–Crippen MR) is 197 cm³/mol. The van der Waals surface area contributed by atoms with Gasteiger partial charge in [-0.3, -0.25) is 0 Å². The van der Waals surface area contributed by atoms with Gasteiger partial charge in [0.15, 0.2) is 9.60 Å². The number of pyridine rings is 2. The number of carbonyl (C=O) groups excluding carboxylic acids is 2. The SMILES string of the molecule is CC(C)(C)OC(=O)N1CCCCC1.CC(C)(C)OC(=O)N1CCN(c2nc3ccc(Br)nc3s2)CC1.Clc1nc2ccc(Br)nc2s1. The number of likely N-dealkylation sites (tertiary alicyclic amines) is 1. The summed E-state index contributed by atoms with van der Waals surface area (Å²) in [6.07, 6.45) is 3.05. The van der Waals surface area contributed by atoms with Crippen LogP contribution in [-0.2, 0) is 9.47 Å². The molecule has 11 nitrogen and oxygen atoms in total. The molecule has 0 aromatic carbocycles. The first-order chi connectivity index (χ1) is 22.1. The molecule has 2 fully saturated rings. The summed E-state index contributed by atoms with van der Waals surface area (Å²) in [7, 11) is 0. The number of thiazole rings is 2. The fourth-order valence-electron chi connectivity index (χ4n) is 4.50. The molecule has 0 radical (unpaired) electrons.